The van der Waals surface area contributed by atoms with Crippen LogP contribution in [0.1, 0.15) is 118 Å². The van der Waals surface area contributed by atoms with E-state index in [1.54, 1.807) is 48.6 Å². The van der Waals surface area contributed by atoms with Crippen LogP contribution in [-0.2, 0) is 57.0 Å². The molecule has 0 saturated carbocycles. The van der Waals surface area contributed by atoms with E-state index >= 15 is 0 Å². The van der Waals surface area contributed by atoms with Crippen molar-refractivity contribution in [3.63, 3.8) is 0 Å². The first-order chi connectivity index (χ1) is 36.5. The number of urea groups is 2. The summed E-state index contributed by atoms with van der Waals surface area (Å²) in [5, 5.41) is 37.1. The second-order valence-corrected chi connectivity index (χ2v) is 17.6. The fourth-order valence-corrected chi connectivity index (χ4v) is 8.18. The first-order valence-corrected chi connectivity index (χ1v) is 26.2. The molecule has 3 saturated heterocycles. The molecule has 3 heterocycles. The van der Waals surface area contributed by atoms with E-state index in [-0.39, 0.29) is 108 Å². The number of imide groups is 1. The van der Waals surface area contributed by atoms with Gasteiger partial charge in [-0.3, -0.25) is 24.3 Å². The van der Waals surface area contributed by atoms with Crippen molar-refractivity contribution in [2.24, 2.45) is 4.99 Å². The third-order valence-corrected chi connectivity index (χ3v) is 11.8. The van der Waals surface area contributed by atoms with E-state index in [1.165, 1.54) is 11.0 Å². The van der Waals surface area contributed by atoms with Gasteiger partial charge < -0.3 is 79.4 Å². The van der Waals surface area contributed by atoms with Crippen molar-refractivity contribution in [3.05, 3.63) is 29.7 Å². The summed E-state index contributed by atoms with van der Waals surface area (Å²) in [7, 11) is 1.58. The minimum atomic E-state index is -1.54. The summed E-state index contributed by atoms with van der Waals surface area (Å²) in [5.41, 5.74) is 3.25. The largest absolute Gasteiger partial charge is 0.466 e. The molecule has 7 amide bonds. The summed E-state index contributed by atoms with van der Waals surface area (Å²) < 4.78 is 51.4. The minimum Gasteiger partial charge on any atom is -0.466 e. The van der Waals surface area contributed by atoms with Crippen LogP contribution in [0, 0.1) is 0 Å². The van der Waals surface area contributed by atoms with Gasteiger partial charge in [-0.05, 0) is 79.5 Å². The summed E-state index contributed by atoms with van der Waals surface area (Å²) in [4.78, 5) is 97.0. The predicted octanol–water partition coefficient (Wildman–Crippen LogP) is 4.02. The molecular weight excluding hydrogens is 1020 g/mol. The molecule has 0 spiro atoms. The molecule has 450 valence electrons. The number of esters is 2. The molecule has 7 N–H and O–H groups in total. The van der Waals surface area contributed by atoms with Gasteiger partial charge in [-0.2, -0.15) is 0 Å². The van der Waals surface area contributed by atoms with E-state index < -0.39 is 117 Å². The third-order valence-electron chi connectivity index (χ3n) is 11.8. The average molecular weight is 1120 g/mol. The highest BCUT2D eigenvalue weighted by atomic mass is 16.7. The molecule has 78 heavy (non-hydrogen) atoms. The van der Waals surface area contributed by atoms with Gasteiger partial charge in [0.25, 0.3) is 0 Å². The van der Waals surface area contributed by atoms with Gasteiger partial charge in [0.1, 0.15) is 61.7 Å². The summed E-state index contributed by atoms with van der Waals surface area (Å²) in [5.74, 6) is -1.45. The van der Waals surface area contributed by atoms with Crippen LogP contribution in [0.3, 0.4) is 0 Å². The van der Waals surface area contributed by atoms with Crippen LogP contribution in [0.25, 0.3) is 0 Å². The average Bonchev–Trinajstić information content (AvgIpc) is 3.37. The number of aliphatic hydroxyl groups is 2. The van der Waals surface area contributed by atoms with Crippen molar-refractivity contribution >= 4 is 47.9 Å². The van der Waals surface area contributed by atoms with E-state index in [0.29, 0.717) is 37.7 Å². The number of alkyl carbamates (subject to hydrolysis) is 2. The van der Waals surface area contributed by atoms with Crippen LogP contribution < -0.4 is 26.6 Å². The number of carbonyl (C=O) groups is 7. The molecule has 3 aliphatic heterocycles. The Kier molecular flexibility index (Phi) is 34.3. The number of rotatable bonds is 31. The molecular formula is C52H94N8O18. The number of amides is 7. The maximum absolute atomic E-state index is 13.9. The second kappa shape index (κ2) is 38.0. The molecule has 0 aromatic rings. The van der Waals surface area contributed by atoms with Gasteiger partial charge in [-0.1, -0.05) is 46.9 Å². The highest BCUT2D eigenvalue weighted by Gasteiger charge is 2.53. The van der Waals surface area contributed by atoms with Gasteiger partial charge in [0.15, 0.2) is 12.6 Å². The molecule has 10 unspecified atom stereocenters. The first-order valence-electron chi connectivity index (χ1n) is 26.2. The van der Waals surface area contributed by atoms with E-state index in [0.717, 1.165) is 4.90 Å². The predicted molar refractivity (Wildman–Crippen MR) is 290 cm³/mol. The van der Waals surface area contributed by atoms with Crippen molar-refractivity contribution in [2.45, 2.75) is 176 Å². The maximum Gasteiger partial charge on any atom is 0.407 e. The zero-order valence-electron chi connectivity index (χ0n) is 45.3. The number of hydrogen-bond acceptors (Lipinski definition) is 20. The molecule has 3 rings (SSSR count). The Balaban J connectivity index is 0. The Hall–Kier alpha value is -5.70. The molecule has 0 aromatic heterocycles. The Morgan fingerprint density at radius 3 is 2.00 bits per heavy atom. The number of nitrogens with one attached hydrogen (secondary N) is 5. The molecule has 3 fully saturated rings. The molecule has 26 nitrogen and oxygen atoms in total. The number of carbonyl (C=O) groups excluding carboxylic acids is 7. The molecule has 0 bridgehead atoms. The Morgan fingerprint density at radius 2 is 1.41 bits per heavy atom. The minimum absolute atomic E-state index is 0. The van der Waals surface area contributed by atoms with Gasteiger partial charge >= 0.3 is 36.2 Å². The maximum atomic E-state index is 13.9. The van der Waals surface area contributed by atoms with Crippen LogP contribution in [-0.4, -0.2) is 209 Å². The van der Waals surface area contributed by atoms with E-state index in [9.17, 15) is 43.8 Å². The molecule has 0 aliphatic carbocycles. The van der Waals surface area contributed by atoms with Gasteiger partial charge in [-0.25, -0.2) is 24.1 Å². The lowest BCUT2D eigenvalue weighted by Crippen LogP contribution is -2.69. The number of nitrogens with zero attached hydrogens (tertiary/aromatic N) is 3. The number of aliphatic imine (C=N–C) groups is 1. The van der Waals surface area contributed by atoms with Crippen LogP contribution in [0.15, 0.2) is 34.6 Å². The number of hydrogen-bond donors (Lipinski definition) is 7. The molecule has 10 atom stereocenters. The molecule has 0 radical (unpaired) electrons. The summed E-state index contributed by atoms with van der Waals surface area (Å²) in [6.07, 6.45) is -7.90. The summed E-state index contributed by atoms with van der Waals surface area (Å²) in [6, 6.07) is -3.68. The van der Waals surface area contributed by atoms with Gasteiger partial charge in [0, 0.05) is 48.8 Å². The zero-order chi connectivity index (χ0) is 56.2. The van der Waals surface area contributed by atoms with E-state index in [1.807, 2.05) is 6.92 Å². The molecule has 3 aliphatic rings. The van der Waals surface area contributed by atoms with Crippen molar-refractivity contribution in [2.75, 3.05) is 79.4 Å². The second-order valence-electron chi connectivity index (χ2n) is 17.6. The normalized spacial score (nSPS) is 24.3. The SMILES string of the molecule is C.C.C=C(C)C(=C=CCC(=O)OCCC)N1C(=O)CC(=NCCCCCCNC(=O)NC2C(OC3C(COC(=O)NCC)OC(OCC)C(NC)C3O)OC(COC(=O)NCC)C(OCC)C2O)N(CCC(=O)OCC)C1=O.[HH].[HH]. The number of amidine groups is 1. The van der Waals surface area contributed by atoms with Crippen LogP contribution in [0.5, 0.6) is 0 Å². The monoisotopic (exact) mass is 1120 g/mol. The molecule has 0 aromatic carbocycles. The Morgan fingerprint density at radius 1 is 0.795 bits per heavy atom. The van der Waals surface area contributed by atoms with Gasteiger partial charge in [0.2, 0.25) is 5.91 Å². The topological polar surface area (TPSA) is 322 Å². The number of unbranched alkanes of at least 4 members (excludes halogenated alkanes) is 3. The van der Waals surface area contributed by atoms with E-state index in [4.69, 9.17) is 42.6 Å². The van der Waals surface area contributed by atoms with Crippen molar-refractivity contribution in [3.8, 4) is 0 Å². The first kappa shape index (κ1) is 70.3. The lowest BCUT2D eigenvalue weighted by Gasteiger charge is -2.48. The van der Waals surface area contributed by atoms with E-state index in [2.05, 4.69) is 43.9 Å². The number of ether oxygens (including phenoxy) is 9. The smallest absolute Gasteiger partial charge is 0.407 e. The molecule has 26 heteroatoms. The van der Waals surface area contributed by atoms with Crippen molar-refractivity contribution in [1.82, 2.24) is 36.4 Å². The van der Waals surface area contributed by atoms with Crippen molar-refractivity contribution in [1.29, 1.82) is 0 Å². The number of likely N-dealkylation sites (N-methyl/N-ethyl adjacent to an activating group) is 1. The van der Waals surface area contributed by atoms with Crippen LogP contribution in [0.4, 0.5) is 19.2 Å². The van der Waals surface area contributed by atoms with Gasteiger partial charge in [0.05, 0.1) is 44.2 Å². The number of aliphatic hydroxyl groups excluding tert-OH is 2. The highest BCUT2D eigenvalue weighted by Crippen LogP contribution is 2.31. The summed E-state index contributed by atoms with van der Waals surface area (Å²) in [6.45, 7) is 16.7. The zero-order valence-corrected chi connectivity index (χ0v) is 45.3. The Bertz CT molecular complexity index is 2020. The third kappa shape index (κ3) is 22.2. The fourth-order valence-electron chi connectivity index (χ4n) is 8.18. The fraction of sp³-hybridized carbons (Fsp3) is 0.750. The van der Waals surface area contributed by atoms with Gasteiger partial charge in [-0.15, -0.1) is 0 Å². The van der Waals surface area contributed by atoms with Crippen LogP contribution in [0.2, 0.25) is 0 Å². The van der Waals surface area contributed by atoms with Crippen molar-refractivity contribution < 1.29 is 89.3 Å². The summed E-state index contributed by atoms with van der Waals surface area (Å²) >= 11 is 0. The lowest BCUT2D eigenvalue weighted by molar-refractivity contribution is -0.333. The highest BCUT2D eigenvalue weighted by molar-refractivity contribution is 6.17. The quantitative estimate of drug-likeness (QED) is 0.0169. The lowest BCUT2D eigenvalue weighted by atomic mass is 9.94. The standard InChI is InChI=1S/C50H82N8O18.2CH4.2H2/c1-10-27-71-37(60)22-20-21-32(31(7)8)58-36(59)28-35(57(50(58)67)26-23-38(61)68-13-4)54-24-18-16-17-19-25-55-47(64)56-40-42(63)43(69-14-5)33(29-72-48(65)52-11-2)75-46(40)76-44-34(30-73-49(66)53-12-3)74-45(70-15-6)39(51-9)41(44)62;;;;/h20,33-34,39-46,51,62-63H,7,10-19,22-30H2,1-6,8-9H3,(H,52,65)(H,53,66)(H2,55,56,64);2*1H4;2*1H. The van der Waals surface area contributed by atoms with Crippen LogP contribution >= 0.6 is 0 Å². The Labute approximate surface area is 462 Å².